The first-order valence-electron chi connectivity index (χ1n) is 7.89. The molecule has 0 atom stereocenters. The lowest BCUT2D eigenvalue weighted by atomic mass is 10.1. The van der Waals surface area contributed by atoms with Gasteiger partial charge < -0.3 is 5.11 Å². The number of rotatable bonds is 3. The maximum atomic E-state index is 13.7. The van der Waals surface area contributed by atoms with E-state index in [0.29, 0.717) is 5.56 Å². The molecule has 0 radical (unpaired) electrons. The highest BCUT2D eigenvalue weighted by atomic mass is 32.2. The lowest BCUT2D eigenvalue weighted by Crippen LogP contribution is -2.14. The van der Waals surface area contributed by atoms with Crippen LogP contribution in [0.1, 0.15) is 0 Å². The number of hydrogen-bond donors (Lipinski definition) is 1. The van der Waals surface area contributed by atoms with E-state index in [0.717, 1.165) is 10.0 Å². The Bertz CT molecular complexity index is 1200. The smallest absolute Gasteiger partial charge is 0.268 e. The summed E-state index contributed by atoms with van der Waals surface area (Å²) in [5, 5.41) is 10.8. The van der Waals surface area contributed by atoms with Crippen LogP contribution in [0, 0.1) is 5.82 Å². The number of aromatic hydroxyl groups is 1. The van der Waals surface area contributed by atoms with E-state index in [-0.39, 0.29) is 27.2 Å². The van der Waals surface area contributed by atoms with Gasteiger partial charge in [0.05, 0.1) is 10.4 Å². The summed E-state index contributed by atoms with van der Waals surface area (Å²) in [7, 11) is -4.00. The maximum Gasteiger partial charge on any atom is 0.268 e. The Morgan fingerprint density at radius 2 is 1.46 bits per heavy atom. The SMILES string of the molecule is O=S(=O)(c1ccccc1)n1c(-c2ccccc2)c(O)c2cc(F)ccc21. The van der Waals surface area contributed by atoms with E-state index in [4.69, 9.17) is 0 Å². The minimum atomic E-state index is -4.00. The van der Waals surface area contributed by atoms with E-state index in [2.05, 4.69) is 0 Å². The van der Waals surface area contributed by atoms with Crippen molar-refractivity contribution in [1.29, 1.82) is 0 Å². The highest BCUT2D eigenvalue weighted by molar-refractivity contribution is 7.90. The fourth-order valence-electron chi connectivity index (χ4n) is 3.02. The van der Waals surface area contributed by atoms with Gasteiger partial charge in [-0.05, 0) is 30.3 Å². The molecule has 0 spiro atoms. The minimum Gasteiger partial charge on any atom is -0.505 e. The fraction of sp³-hybridized carbons (Fsp3) is 0. The molecule has 0 aliphatic rings. The van der Waals surface area contributed by atoms with Gasteiger partial charge in [0.2, 0.25) is 0 Å². The summed E-state index contributed by atoms with van der Waals surface area (Å²) < 4.78 is 41.4. The van der Waals surface area contributed by atoms with Crippen LogP contribution in [0.4, 0.5) is 4.39 Å². The molecule has 6 heteroatoms. The minimum absolute atomic E-state index is 0.0819. The summed E-state index contributed by atoms with van der Waals surface area (Å²) in [5.74, 6) is -0.827. The number of fused-ring (bicyclic) bond motifs is 1. The van der Waals surface area contributed by atoms with Gasteiger partial charge >= 0.3 is 0 Å². The molecule has 0 fully saturated rings. The number of nitrogens with zero attached hydrogens (tertiary/aromatic N) is 1. The monoisotopic (exact) mass is 367 g/mol. The Morgan fingerprint density at radius 1 is 0.846 bits per heavy atom. The Hall–Kier alpha value is -3.12. The van der Waals surface area contributed by atoms with Crippen LogP contribution in [-0.2, 0) is 10.0 Å². The zero-order chi connectivity index (χ0) is 18.3. The van der Waals surface area contributed by atoms with E-state index >= 15 is 0 Å². The molecule has 0 saturated carbocycles. The van der Waals surface area contributed by atoms with Crippen molar-refractivity contribution in [3.05, 3.63) is 84.7 Å². The molecule has 3 aromatic carbocycles. The predicted molar refractivity (Wildman–Crippen MR) is 98.0 cm³/mol. The highest BCUT2D eigenvalue weighted by Gasteiger charge is 2.27. The van der Waals surface area contributed by atoms with Crippen molar-refractivity contribution in [2.45, 2.75) is 4.90 Å². The largest absolute Gasteiger partial charge is 0.505 e. The second kappa shape index (κ2) is 6.00. The quantitative estimate of drug-likeness (QED) is 0.584. The molecule has 0 bridgehead atoms. The third-order valence-electron chi connectivity index (χ3n) is 4.19. The number of halogens is 1. The van der Waals surface area contributed by atoms with E-state index in [1.807, 2.05) is 0 Å². The molecule has 26 heavy (non-hydrogen) atoms. The van der Waals surface area contributed by atoms with Gasteiger partial charge in [0.1, 0.15) is 17.3 Å². The van der Waals surface area contributed by atoms with E-state index < -0.39 is 15.8 Å². The second-order valence-corrected chi connectivity index (χ2v) is 7.59. The molecule has 1 N–H and O–H groups in total. The van der Waals surface area contributed by atoms with Crippen LogP contribution in [0.3, 0.4) is 0 Å². The molecule has 4 nitrogen and oxygen atoms in total. The lowest BCUT2D eigenvalue weighted by molar-refractivity contribution is 0.482. The molecule has 4 aromatic rings. The Labute approximate surface area is 149 Å². The zero-order valence-electron chi connectivity index (χ0n) is 13.5. The van der Waals surface area contributed by atoms with Gasteiger partial charge in [-0.15, -0.1) is 0 Å². The van der Waals surface area contributed by atoms with Crippen molar-refractivity contribution in [3.8, 4) is 17.0 Å². The molecule has 0 aliphatic carbocycles. The molecule has 0 aliphatic heterocycles. The summed E-state index contributed by atoms with van der Waals surface area (Å²) in [6, 6.07) is 20.3. The van der Waals surface area contributed by atoms with E-state index in [9.17, 15) is 17.9 Å². The van der Waals surface area contributed by atoms with Crippen LogP contribution in [0.15, 0.2) is 83.8 Å². The van der Waals surface area contributed by atoms with Gasteiger partial charge in [-0.3, -0.25) is 0 Å². The van der Waals surface area contributed by atoms with Crippen LogP contribution in [-0.4, -0.2) is 17.5 Å². The summed E-state index contributed by atoms with van der Waals surface area (Å²) in [4.78, 5) is 0.0819. The standard InChI is InChI=1S/C20H14FNO3S/c21-15-11-12-18-17(13-15)20(23)19(14-7-3-1-4-8-14)22(18)26(24,25)16-9-5-2-6-10-16/h1-13,23H. The van der Waals surface area contributed by atoms with Crippen molar-refractivity contribution < 1.29 is 17.9 Å². The van der Waals surface area contributed by atoms with E-state index in [1.165, 1.54) is 24.3 Å². The average molecular weight is 367 g/mol. The number of aromatic nitrogens is 1. The van der Waals surface area contributed by atoms with Crippen LogP contribution < -0.4 is 0 Å². The number of benzene rings is 3. The maximum absolute atomic E-state index is 13.7. The van der Waals surface area contributed by atoms with Gasteiger partial charge in [0.15, 0.2) is 0 Å². The normalized spacial score (nSPS) is 11.7. The Morgan fingerprint density at radius 3 is 2.12 bits per heavy atom. The van der Waals surface area contributed by atoms with Crippen molar-refractivity contribution in [1.82, 2.24) is 3.97 Å². The summed E-state index contributed by atoms with van der Waals surface area (Å²) in [6.07, 6.45) is 0. The molecule has 0 saturated heterocycles. The van der Waals surface area contributed by atoms with Crippen molar-refractivity contribution >= 4 is 20.9 Å². The second-order valence-electron chi connectivity index (χ2n) is 5.81. The summed E-state index contributed by atoms with van der Waals surface area (Å²) >= 11 is 0. The molecule has 1 heterocycles. The molecule has 130 valence electrons. The van der Waals surface area contributed by atoms with Gasteiger partial charge in [-0.2, -0.15) is 0 Å². The fourth-order valence-corrected chi connectivity index (χ4v) is 4.58. The zero-order valence-corrected chi connectivity index (χ0v) is 14.3. The van der Waals surface area contributed by atoms with Crippen LogP contribution in [0.5, 0.6) is 5.75 Å². The highest BCUT2D eigenvalue weighted by Crippen LogP contribution is 2.41. The molecule has 0 amide bonds. The van der Waals surface area contributed by atoms with Crippen LogP contribution in [0.2, 0.25) is 0 Å². The molecule has 0 unspecified atom stereocenters. The first kappa shape index (κ1) is 16.4. The third-order valence-corrected chi connectivity index (χ3v) is 5.92. The van der Waals surface area contributed by atoms with Crippen LogP contribution >= 0.6 is 0 Å². The molecular formula is C20H14FNO3S. The number of hydrogen-bond acceptors (Lipinski definition) is 3. The topological polar surface area (TPSA) is 59.3 Å². The van der Waals surface area contributed by atoms with Gasteiger partial charge in [-0.25, -0.2) is 16.8 Å². The summed E-state index contributed by atoms with van der Waals surface area (Å²) in [5.41, 5.74) is 0.836. The Kier molecular flexibility index (Phi) is 3.77. The lowest BCUT2D eigenvalue weighted by Gasteiger charge is -2.12. The molecular weight excluding hydrogens is 353 g/mol. The van der Waals surface area contributed by atoms with Gasteiger partial charge in [0.25, 0.3) is 10.0 Å². The molecule has 1 aromatic heterocycles. The van der Waals surface area contributed by atoms with Gasteiger partial charge in [-0.1, -0.05) is 48.5 Å². The predicted octanol–water partition coefficient (Wildman–Crippen LogP) is 4.39. The average Bonchev–Trinajstić information content (AvgIpc) is 2.96. The van der Waals surface area contributed by atoms with Crippen molar-refractivity contribution in [2.24, 2.45) is 0 Å². The van der Waals surface area contributed by atoms with Gasteiger partial charge in [0, 0.05) is 10.9 Å². The van der Waals surface area contributed by atoms with Crippen molar-refractivity contribution in [2.75, 3.05) is 0 Å². The Balaban J connectivity index is 2.15. The first-order chi connectivity index (χ1) is 12.5. The summed E-state index contributed by atoms with van der Waals surface area (Å²) in [6.45, 7) is 0. The first-order valence-corrected chi connectivity index (χ1v) is 9.33. The molecule has 4 rings (SSSR count). The third kappa shape index (κ3) is 2.46. The van der Waals surface area contributed by atoms with Crippen molar-refractivity contribution in [3.63, 3.8) is 0 Å². The van der Waals surface area contributed by atoms with Crippen LogP contribution in [0.25, 0.3) is 22.2 Å². The van der Waals surface area contributed by atoms with E-state index in [1.54, 1.807) is 48.5 Å².